The van der Waals surface area contributed by atoms with Crippen LogP contribution >= 0.6 is 0 Å². The second-order valence-electron chi connectivity index (χ2n) is 7.61. The van der Waals surface area contributed by atoms with E-state index in [2.05, 4.69) is 20.3 Å². The molecule has 1 fully saturated rings. The number of carbonyl (C=O) groups is 1. The third-order valence-electron chi connectivity index (χ3n) is 5.38. The van der Waals surface area contributed by atoms with Crippen LogP contribution in [0.4, 0.5) is 10.2 Å². The number of rotatable bonds is 0. The molecule has 2 aliphatic heterocycles. The van der Waals surface area contributed by atoms with Gasteiger partial charge in [-0.3, -0.25) is 4.79 Å². The predicted molar refractivity (Wildman–Crippen MR) is 105 cm³/mol. The molecule has 3 atom stereocenters. The van der Waals surface area contributed by atoms with Crippen molar-refractivity contribution in [3.05, 3.63) is 47.7 Å². The van der Waals surface area contributed by atoms with Crippen molar-refractivity contribution in [3.8, 4) is 5.88 Å². The fraction of sp³-hybridized carbons (Fsp3) is 0.400. The molecule has 10 heteroatoms. The number of anilines is 1. The van der Waals surface area contributed by atoms with E-state index >= 15 is 0 Å². The third-order valence-corrected chi connectivity index (χ3v) is 5.38. The van der Waals surface area contributed by atoms with Gasteiger partial charge in [-0.2, -0.15) is 5.10 Å². The lowest BCUT2D eigenvalue weighted by molar-refractivity contribution is 0.0685. The quantitative estimate of drug-likeness (QED) is 0.601. The summed E-state index contributed by atoms with van der Waals surface area (Å²) in [5, 5.41) is 7.07. The molecule has 1 saturated heterocycles. The monoisotopic (exact) mass is 412 g/mol. The Morgan fingerprint density at radius 1 is 1.27 bits per heavy atom. The molecule has 156 valence electrons. The molecule has 0 aliphatic carbocycles. The number of pyridine rings is 1. The van der Waals surface area contributed by atoms with Crippen LogP contribution in [0.15, 0.2) is 30.7 Å². The minimum absolute atomic E-state index is 0.0439. The number of fused-ring (bicyclic) bond motifs is 5. The first-order chi connectivity index (χ1) is 14.5. The molecule has 3 aromatic rings. The molecule has 0 spiro atoms. The minimum Gasteiger partial charge on any atom is -0.473 e. The van der Waals surface area contributed by atoms with Crippen molar-refractivity contribution >= 4 is 17.4 Å². The highest BCUT2D eigenvalue weighted by molar-refractivity contribution is 5.99. The number of nitrogens with zero attached hydrogens (tertiary/aromatic N) is 5. The van der Waals surface area contributed by atoms with Crippen LogP contribution in [0.3, 0.4) is 0 Å². The second kappa shape index (κ2) is 7.21. The van der Waals surface area contributed by atoms with Crippen molar-refractivity contribution in [3.63, 3.8) is 0 Å². The molecule has 3 unspecified atom stereocenters. The number of hydrogen-bond donors (Lipinski definition) is 1. The van der Waals surface area contributed by atoms with Gasteiger partial charge in [0.05, 0.1) is 44.2 Å². The van der Waals surface area contributed by atoms with Crippen LogP contribution in [-0.2, 0) is 4.74 Å². The molecule has 9 nitrogen and oxygen atoms in total. The van der Waals surface area contributed by atoms with Crippen LogP contribution in [0, 0.1) is 5.82 Å². The van der Waals surface area contributed by atoms with E-state index in [9.17, 15) is 9.18 Å². The highest BCUT2D eigenvalue weighted by atomic mass is 19.1. The first-order valence-corrected chi connectivity index (χ1v) is 9.82. The Labute approximate surface area is 171 Å². The normalized spacial score (nSPS) is 24.2. The lowest BCUT2D eigenvalue weighted by Gasteiger charge is -2.41. The maximum atomic E-state index is 14.2. The van der Waals surface area contributed by atoms with Gasteiger partial charge in [-0.15, -0.1) is 0 Å². The highest BCUT2D eigenvalue weighted by Gasteiger charge is 2.34. The Morgan fingerprint density at radius 3 is 3.00 bits per heavy atom. The largest absolute Gasteiger partial charge is 0.473 e. The molecule has 2 bridgehead atoms. The predicted octanol–water partition coefficient (Wildman–Crippen LogP) is 1.74. The van der Waals surface area contributed by atoms with Gasteiger partial charge < -0.3 is 19.7 Å². The third kappa shape index (κ3) is 3.13. The van der Waals surface area contributed by atoms with Gasteiger partial charge >= 0.3 is 0 Å². The Kier molecular flexibility index (Phi) is 4.50. The average molecular weight is 412 g/mol. The molecule has 2 aliphatic rings. The van der Waals surface area contributed by atoms with Crippen LogP contribution in [0.25, 0.3) is 5.65 Å². The number of hydrogen-bond acceptors (Lipinski definition) is 7. The summed E-state index contributed by atoms with van der Waals surface area (Å²) in [6.07, 6.45) is 4.00. The summed E-state index contributed by atoms with van der Waals surface area (Å²) in [5.41, 5.74) is 1.41. The Balaban J connectivity index is 1.72. The van der Waals surface area contributed by atoms with Crippen molar-refractivity contribution in [2.45, 2.75) is 32.0 Å². The molecule has 0 saturated carbocycles. The fourth-order valence-corrected chi connectivity index (χ4v) is 3.95. The SMILES string of the molecule is CC1CNC(=O)c2cnn3ccc(nc23)N2C(C)COCC2c2cc(F)cnc2O1. The summed E-state index contributed by atoms with van der Waals surface area (Å²) in [7, 11) is 0. The van der Waals surface area contributed by atoms with E-state index in [-0.39, 0.29) is 30.6 Å². The summed E-state index contributed by atoms with van der Waals surface area (Å²) in [6.45, 7) is 4.89. The summed E-state index contributed by atoms with van der Waals surface area (Å²) in [6, 6.07) is 2.85. The Hall–Kier alpha value is -3.27. The van der Waals surface area contributed by atoms with E-state index in [4.69, 9.17) is 14.5 Å². The topological polar surface area (TPSA) is 93.9 Å². The Bertz CT molecular complexity index is 1120. The number of halogens is 1. The number of nitrogens with one attached hydrogen (secondary N) is 1. The van der Waals surface area contributed by atoms with Gasteiger partial charge in [0.1, 0.15) is 23.3 Å². The van der Waals surface area contributed by atoms with E-state index in [0.29, 0.717) is 41.7 Å². The van der Waals surface area contributed by atoms with Gasteiger partial charge in [-0.05, 0) is 26.0 Å². The number of ether oxygens (including phenoxy) is 2. The van der Waals surface area contributed by atoms with Crippen molar-refractivity contribution in [1.82, 2.24) is 24.9 Å². The van der Waals surface area contributed by atoms with Crippen molar-refractivity contribution < 1.29 is 18.7 Å². The molecule has 5 rings (SSSR count). The lowest BCUT2D eigenvalue weighted by atomic mass is 10.0. The van der Waals surface area contributed by atoms with Gasteiger partial charge in [-0.1, -0.05) is 0 Å². The van der Waals surface area contributed by atoms with Crippen molar-refractivity contribution in [1.29, 1.82) is 0 Å². The van der Waals surface area contributed by atoms with Crippen LogP contribution in [0.5, 0.6) is 5.88 Å². The zero-order chi connectivity index (χ0) is 20.8. The fourth-order valence-electron chi connectivity index (χ4n) is 3.95. The standard InChI is InChI=1S/C20H21FN6O3/c1-11-9-29-10-16-14-5-13(21)7-23-20(14)30-12(2)6-22-19(28)15-8-24-26-4-3-17(27(11)16)25-18(15)26/h3-5,7-8,11-12,16H,6,9-10H2,1-2H3,(H,22,28). The number of aromatic nitrogens is 4. The van der Waals surface area contributed by atoms with E-state index < -0.39 is 5.82 Å². The van der Waals surface area contributed by atoms with Gasteiger partial charge in [0.25, 0.3) is 5.91 Å². The molecule has 0 aromatic carbocycles. The number of amides is 1. The van der Waals surface area contributed by atoms with E-state index in [1.807, 2.05) is 19.9 Å². The summed E-state index contributed by atoms with van der Waals surface area (Å²) in [4.78, 5) is 23.7. The molecular formula is C20H21FN6O3. The van der Waals surface area contributed by atoms with E-state index in [0.717, 1.165) is 6.20 Å². The molecule has 1 N–H and O–H groups in total. The van der Waals surface area contributed by atoms with Crippen molar-refractivity contribution in [2.24, 2.45) is 0 Å². The van der Waals surface area contributed by atoms with Crippen LogP contribution in [0.1, 0.15) is 35.8 Å². The molecular weight excluding hydrogens is 391 g/mol. The second-order valence-corrected chi connectivity index (χ2v) is 7.61. The molecule has 30 heavy (non-hydrogen) atoms. The summed E-state index contributed by atoms with van der Waals surface area (Å²) in [5.74, 6) is 0.208. The smallest absolute Gasteiger partial charge is 0.256 e. The maximum absolute atomic E-state index is 14.2. The van der Waals surface area contributed by atoms with Crippen LogP contribution < -0.4 is 15.0 Å². The van der Waals surface area contributed by atoms with Gasteiger partial charge in [0.2, 0.25) is 5.88 Å². The molecule has 5 heterocycles. The minimum atomic E-state index is -0.456. The van der Waals surface area contributed by atoms with Crippen LogP contribution in [-0.4, -0.2) is 57.4 Å². The zero-order valence-corrected chi connectivity index (χ0v) is 16.6. The van der Waals surface area contributed by atoms with Crippen molar-refractivity contribution in [2.75, 3.05) is 24.7 Å². The maximum Gasteiger partial charge on any atom is 0.256 e. The molecule has 0 radical (unpaired) electrons. The average Bonchev–Trinajstić information content (AvgIpc) is 3.16. The Morgan fingerprint density at radius 2 is 2.13 bits per heavy atom. The highest BCUT2D eigenvalue weighted by Crippen LogP contribution is 2.36. The molecule has 1 amide bonds. The first kappa shape index (κ1) is 18.7. The molecule has 3 aromatic heterocycles. The van der Waals surface area contributed by atoms with Gasteiger partial charge in [0.15, 0.2) is 5.65 Å². The first-order valence-electron chi connectivity index (χ1n) is 9.82. The van der Waals surface area contributed by atoms with E-state index in [1.54, 1.807) is 10.7 Å². The lowest BCUT2D eigenvalue weighted by Crippen LogP contribution is -2.46. The number of morpholine rings is 1. The van der Waals surface area contributed by atoms with E-state index in [1.165, 1.54) is 12.3 Å². The summed E-state index contributed by atoms with van der Waals surface area (Å²) < 4.78 is 27.5. The van der Waals surface area contributed by atoms with Crippen LogP contribution in [0.2, 0.25) is 0 Å². The zero-order valence-electron chi connectivity index (χ0n) is 16.6. The number of carbonyl (C=O) groups excluding carboxylic acids is 1. The summed E-state index contributed by atoms with van der Waals surface area (Å²) >= 11 is 0. The van der Waals surface area contributed by atoms with Gasteiger partial charge in [0, 0.05) is 11.8 Å². The van der Waals surface area contributed by atoms with Gasteiger partial charge in [-0.25, -0.2) is 18.9 Å².